The van der Waals surface area contributed by atoms with E-state index in [1.807, 2.05) is 0 Å². The van der Waals surface area contributed by atoms with Gasteiger partial charge in [0.15, 0.2) is 5.69 Å². The van der Waals surface area contributed by atoms with Crippen molar-refractivity contribution < 1.29 is 14.3 Å². The highest BCUT2D eigenvalue weighted by Crippen LogP contribution is 2.16. The standard InChI is InChI=1S/C6H3ClFNO2/c7-4-3(8)1-2-9-5(4)6(10)11/h1-2H,(H,10,11). The van der Waals surface area contributed by atoms with Crippen molar-refractivity contribution in [2.75, 3.05) is 0 Å². The SMILES string of the molecule is O=C(O)c1nccc(F)c1Cl. The van der Waals surface area contributed by atoms with Crippen molar-refractivity contribution in [1.29, 1.82) is 0 Å². The summed E-state index contributed by atoms with van der Waals surface area (Å²) < 4.78 is 12.5. The maximum absolute atomic E-state index is 12.5. The van der Waals surface area contributed by atoms with Gasteiger partial charge in [0.25, 0.3) is 0 Å². The highest BCUT2D eigenvalue weighted by molar-refractivity contribution is 6.33. The molecule has 1 heterocycles. The predicted octanol–water partition coefficient (Wildman–Crippen LogP) is 1.57. The lowest BCUT2D eigenvalue weighted by molar-refractivity contribution is 0.0690. The minimum Gasteiger partial charge on any atom is -0.476 e. The maximum Gasteiger partial charge on any atom is 0.356 e. The quantitative estimate of drug-likeness (QED) is 0.705. The van der Waals surface area contributed by atoms with Crippen molar-refractivity contribution in [3.8, 4) is 0 Å². The first-order valence-electron chi connectivity index (χ1n) is 2.66. The van der Waals surface area contributed by atoms with Crippen LogP contribution in [0.3, 0.4) is 0 Å². The van der Waals surface area contributed by atoms with Crippen LogP contribution in [0.15, 0.2) is 12.3 Å². The van der Waals surface area contributed by atoms with Crippen molar-refractivity contribution in [1.82, 2.24) is 4.98 Å². The Hall–Kier alpha value is -1.16. The normalized spacial score (nSPS) is 9.64. The Morgan fingerprint density at radius 1 is 1.73 bits per heavy atom. The van der Waals surface area contributed by atoms with Gasteiger partial charge in [-0.25, -0.2) is 14.2 Å². The molecule has 0 aliphatic heterocycles. The molecule has 0 unspecified atom stereocenters. The van der Waals surface area contributed by atoms with E-state index in [4.69, 9.17) is 16.7 Å². The summed E-state index contributed by atoms with van der Waals surface area (Å²) in [4.78, 5) is 13.6. The molecule has 0 amide bonds. The molecule has 11 heavy (non-hydrogen) atoms. The van der Waals surface area contributed by atoms with Gasteiger partial charge in [-0.2, -0.15) is 0 Å². The molecule has 1 aromatic rings. The smallest absolute Gasteiger partial charge is 0.356 e. The highest BCUT2D eigenvalue weighted by atomic mass is 35.5. The van der Waals surface area contributed by atoms with Crippen LogP contribution in [0, 0.1) is 5.82 Å². The zero-order valence-electron chi connectivity index (χ0n) is 5.21. The average Bonchev–Trinajstić information content (AvgIpc) is 1.94. The van der Waals surface area contributed by atoms with Crippen LogP contribution in [-0.2, 0) is 0 Å². The third-order valence-corrected chi connectivity index (χ3v) is 1.40. The summed E-state index contributed by atoms with van der Waals surface area (Å²) in [6.07, 6.45) is 1.05. The Labute approximate surface area is 66.4 Å². The number of hydrogen-bond acceptors (Lipinski definition) is 2. The molecule has 0 radical (unpaired) electrons. The third-order valence-electron chi connectivity index (χ3n) is 1.04. The van der Waals surface area contributed by atoms with Crippen LogP contribution in [0.1, 0.15) is 10.5 Å². The molecule has 0 saturated carbocycles. The van der Waals surface area contributed by atoms with Crippen LogP contribution < -0.4 is 0 Å². The first-order valence-corrected chi connectivity index (χ1v) is 3.04. The summed E-state index contributed by atoms with van der Waals surface area (Å²) in [5.41, 5.74) is -0.466. The van der Waals surface area contributed by atoms with E-state index in [9.17, 15) is 9.18 Å². The Morgan fingerprint density at radius 2 is 2.36 bits per heavy atom. The summed E-state index contributed by atoms with van der Waals surface area (Å²) in [6, 6.07) is 0.995. The van der Waals surface area contributed by atoms with Crippen LogP contribution in [0.25, 0.3) is 0 Å². The number of carbonyl (C=O) groups is 1. The second kappa shape index (κ2) is 2.84. The number of hydrogen-bond donors (Lipinski definition) is 1. The second-order valence-corrected chi connectivity index (χ2v) is 2.14. The van der Waals surface area contributed by atoms with E-state index in [0.717, 1.165) is 12.3 Å². The minimum absolute atomic E-state index is 0.458. The lowest BCUT2D eigenvalue weighted by Gasteiger charge is -1.96. The van der Waals surface area contributed by atoms with E-state index in [0.29, 0.717) is 0 Å². The molecule has 1 aromatic heterocycles. The minimum atomic E-state index is -1.34. The van der Waals surface area contributed by atoms with E-state index in [-0.39, 0.29) is 0 Å². The van der Waals surface area contributed by atoms with Crippen molar-refractivity contribution in [2.45, 2.75) is 0 Å². The van der Waals surface area contributed by atoms with Gasteiger partial charge in [-0.1, -0.05) is 11.6 Å². The van der Waals surface area contributed by atoms with Gasteiger partial charge in [-0.15, -0.1) is 0 Å². The molecule has 0 aliphatic carbocycles. The molecule has 1 rings (SSSR count). The van der Waals surface area contributed by atoms with Gasteiger partial charge in [0, 0.05) is 6.20 Å². The number of rotatable bonds is 1. The van der Waals surface area contributed by atoms with Gasteiger partial charge in [-0.3, -0.25) is 0 Å². The van der Waals surface area contributed by atoms with E-state index in [2.05, 4.69) is 4.98 Å². The van der Waals surface area contributed by atoms with Gasteiger partial charge in [0.2, 0.25) is 0 Å². The summed E-state index contributed by atoms with van der Waals surface area (Å²) in [7, 11) is 0. The first-order chi connectivity index (χ1) is 5.13. The van der Waals surface area contributed by atoms with E-state index in [1.54, 1.807) is 0 Å². The van der Waals surface area contributed by atoms with Crippen molar-refractivity contribution >= 4 is 17.6 Å². The van der Waals surface area contributed by atoms with E-state index in [1.165, 1.54) is 0 Å². The number of aromatic nitrogens is 1. The molecular weight excluding hydrogens is 173 g/mol. The van der Waals surface area contributed by atoms with Crippen LogP contribution in [-0.4, -0.2) is 16.1 Å². The Bertz CT molecular complexity index is 303. The Kier molecular flexibility index (Phi) is 2.05. The molecule has 5 heteroatoms. The van der Waals surface area contributed by atoms with E-state index < -0.39 is 22.5 Å². The largest absolute Gasteiger partial charge is 0.476 e. The third kappa shape index (κ3) is 1.46. The lowest BCUT2D eigenvalue weighted by atomic mass is 10.3. The van der Waals surface area contributed by atoms with Gasteiger partial charge >= 0.3 is 5.97 Å². The Balaban J connectivity index is 3.27. The van der Waals surface area contributed by atoms with Crippen molar-refractivity contribution in [2.24, 2.45) is 0 Å². The van der Waals surface area contributed by atoms with Crippen molar-refractivity contribution in [3.05, 3.63) is 28.8 Å². The number of carboxylic acid groups (broad SMARTS) is 1. The molecule has 1 N–H and O–H groups in total. The monoisotopic (exact) mass is 175 g/mol. The Morgan fingerprint density at radius 3 is 2.82 bits per heavy atom. The fourth-order valence-electron chi connectivity index (χ4n) is 0.569. The van der Waals surface area contributed by atoms with Crippen LogP contribution >= 0.6 is 11.6 Å². The summed E-state index contributed by atoms with van der Waals surface area (Å²) in [5, 5.41) is 7.92. The fraction of sp³-hybridized carbons (Fsp3) is 0. The molecule has 0 aliphatic rings. The van der Waals surface area contributed by atoms with Crippen LogP contribution in [0.4, 0.5) is 4.39 Å². The van der Waals surface area contributed by atoms with Crippen LogP contribution in [0.5, 0.6) is 0 Å². The average molecular weight is 176 g/mol. The fourth-order valence-corrected chi connectivity index (χ4v) is 0.762. The topological polar surface area (TPSA) is 50.2 Å². The molecular formula is C6H3ClFNO2. The van der Waals surface area contributed by atoms with Crippen molar-refractivity contribution in [3.63, 3.8) is 0 Å². The molecule has 0 bridgehead atoms. The first kappa shape index (κ1) is 7.94. The highest BCUT2D eigenvalue weighted by Gasteiger charge is 2.12. The van der Waals surface area contributed by atoms with Crippen LogP contribution in [0.2, 0.25) is 5.02 Å². The zero-order valence-corrected chi connectivity index (χ0v) is 5.97. The molecule has 0 aromatic carbocycles. The summed E-state index contributed by atoms with van der Waals surface area (Å²) in [6.45, 7) is 0. The molecule has 3 nitrogen and oxygen atoms in total. The number of nitrogens with zero attached hydrogens (tertiary/aromatic N) is 1. The molecule has 0 fully saturated rings. The van der Waals surface area contributed by atoms with Gasteiger partial charge < -0.3 is 5.11 Å². The molecule has 58 valence electrons. The molecule has 0 saturated heterocycles. The van der Waals surface area contributed by atoms with Gasteiger partial charge in [0.05, 0.1) is 0 Å². The number of aromatic carboxylic acids is 1. The number of pyridine rings is 1. The molecule has 0 atom stereocenters. The summed E-state index contributed by atoms with van der Waals surface area (Å²) >= 11 is 5.27. The zero-order chi connectivity index (χ0) is 8.43. The number of halogens is 2. The van der Waals surface area contributed by atoms with E-state index >= 15 is 0 Å². The summed E-state index contributed by atoms with van der Waals surface area (Å²) in [5.74, 6) is -2.12. The predicted molar refractivity (Wildman–Crippen MR) is 36.2 cm³/mol. The van der Waals surface area contributed by atoms with Gasteiger partial charge in [-0.05, 0) is 6.07 Å². The van der Waals surface area contributed by atoms with Gasteiger partial charge in [0.1, 0.15) is 10.8 Å². The number of carboxylic acids is 1. The maximum atomic E-state index is 12.5. The molecule has 0 spiro atoms. The second-order valence-electron chi connectivity index (χ2n) is 1.76. The lowest BCUT2D eigenvalue weighted by Crippen LogP contribution is -2.01.